The molecule has 0 aliphatic rings. The first-order valence-corrected chi connectivity index (χ1v) is 10.3. The Kier molecular flexibility index (Phi) is 7.26. The molecule has 1 heterocycles. The van der Waals surface area contributed by atoms with Gasteiger partial charge in [0.25, 0.3) is 11.8 Å². The number of halogens is 1. The van der Waals surface area contributed by atoms with Crippen LogP contribution in [-0.2, 0) is 4.79 Å². The van der Waals surface area contributed by atoms with Gasteiger partial charge in [-0.3, -0.25) is 9.59 Å². The smallest absolute Gasteiger partial charge is 0.263 e. The van der Waals surface area contributed by atoms with E-state index in [2.05, 4.69) is 15.8 Å². The Hall–Kier alpha value is -3.10. The molecule has 2 N–H and O–H groups in total. The van der Waals surface area contributed by atoms with E-state index in [1.807, 2.05) is 31.2 Å². The number of nitrogens with one attached hydrogen (secondary N) is 2. The maximum absolute atomic E-state index is 12.4. The number of hydrogen-bond donors (Lipinski definition) is 2. The van der Waals surface area contributed by atoms with Crippen molar-refractivity contribution in [2.45, 2.75) is 6.92 Å². The number of methoxy groups -OCH3 is 1. The first-order chi connectivity index (χ1) is 14.5. The van der Waals surface area contributed by atoms with E-state index in [0.717, 1.165) is 10.1 Å². The van der Waals surface area contributed by atoms with Crippen molar-refractivity contribution in [1.29, 1.82) is 0 Å². The minimum absolute atomic E-state index is 0.239. The summed E-state index contributed by atoms with van der Waals surface area (Å²) in [5, 5.41) is 7.67. The Morgan fingerprint density at radius 2 is 2.03 bits per heavy atom. The number of hydrogen-bond acceptors (Lipinski definition) is 6. The first-order valence-electron chi connectivity index (χ1n) is 9.11. The maximum atomic E-state index is 12.4. The second-order valence-electron chi connectivity index (χ2n) is 6.05. The van der Waals surface area contributed by atoms with Crippen LogP contribution in [0, 0.1) is 0 Å². The molecule has 0 radical (unpaired) electrons. The first kappa shape index (κ1) is 21.6. The lowest BCUT2D eigenvalue weighted by atomic mass is 10.2. The summed E-state index contributed by atoms with van der Waals surface area (Å²) in [5.74, 6) is 0.367. The van der Waals surface area contributed by atoms with Gasteiger partial charge in [-0.05, 0) is 31.2 Å². The number of carbonyl (C=O) groups is 2. The fourth-order valence-corrected chi connectivity index (χ4v) is 4.12. The van der Waals surface area contributed by atoms with E-state index < -0.39 is 11.8 Å². The van der Waals surface area contributed by atoms with Crippen LogP contribution in [0.25, 0.3) is 10.1 Å². The van der Waals surface area contributed by atoms with E-state index >= 15 is 0 Å². The molecule has 3 rings (SSSR count). The van der Waals surface area contributed by atoms with Gasteiger partial charge in [0.15, 0.2) is 0 Å². The molecule has 7 nitrogen and oxygen atoms in total. The maximum Gasteiger partial charge on any atom is 0.263 e. The highest BCUT2D eigenvalue weighted by molar-refractivity contribution is 7.21. The van der Waals surface area contributed by atoms with Crippen LogP contribution in [0.3, 0.4) is 0 Å². The molecule has 0 spiro atoms. The van der Waals surface area contributed by atoms with E-state index in [4.69, 9.17) is 21.1 Å². The third kappa shape index (κ3) is 5.08. The monoisotopic (exact) mass is 445 g/mol. The molecule has 1 aromatic heterocycles. The van der Waals surface area contributed by atoms with E-state index in [1.165, 1.54) is 17.6 Å². The van der Waals surface area contributed by atoms with Gasteiger partial charge in [0.1, 0.15) is 16.4 Å². The zero-order valence-corrected chi connectivity index (χ0v) is 18.0. The number of benzene rings is 2. The van der Waals surface area contributed by atoms with Crippen molar-refractivity contribution in [2.24, 2.45) is 5.10 Å². The Bertz CT molecular complexity index is 1100. The number of nitrogens with zero attached hydrogens (tertiary/aromatic N) is 1. The summed E-state index contributed by atoms with van der Waals surface area (Å²) in [5.41, 5.74) is 3.02. The molecule has 2 amide bonds. The highest BCUT2D eigenvalue weighted by atomic mass is 35.5. The third-order valence-corrected chi connectivity index (χ3v) is 5.73. The molecular formula is C21H20ClN3O4S. The fraction of sp³-hybridized carbons (Fsp3) is 0.190. The number of fused-ring (bicyclic) bond motifs is 1. The average molecular weight is 446 g/mol. The molecule has 0 aliphatic heterocycles. The molecule has 0 aliphatic carbocycles. The zero-order chi connectivity index (χ0) is 21.5. The molecule has 2 aromatic carbocycles. The molecule has 9 heteroatoms. The minimum atomic E-state index is -0.475. The molecule has 0 unspecified atom stereocenters. The lowest BCUT2D eigenvalue weighted by molar-refractivity contribution is -0.120. The van der Waals surface area contributed by atoms with Crippen molar-refractivity contribution < 1.29 is 19.1 Å². The Morgan fingerprint density at radius 1 is 1.23 bits per heavy atom. The van der Waals surface area contributed by atoms with Crippen LogP contribution in [0.1, 0.15) is 22.2 Å². The van der Waals surface area contributed by atoms with E-state index in [-0.39, 0.29) is 6.54 Å². The Labute approximate surface area is 182 Å². The highest BCUT2D eigenvalue weighted by Gasteiger charge is 2.17. The topological polar surface area (TPSA) is 89.0 Å². The van der Waals surface area contributed by atoms with Gasteiger partial charge >= 0.3 is 0 Å². The Balaban J connectivity index is 1.57. The molecule has 0 bridgehead atoms. The second kappa shape index (κ2) is 10.1. The lowest BCUT2D eigenvalue weighted by Crippen LogP contribution is -2.34. The number of ether oxygens (including phenoxy) is 2. The summed E-state index contributed by atoms with van der Waals surface area (Å²) in [7, 11) is 1.54. The van der Waals surface area contributed by atoms with Gasteiger partial charge in [0.2, 0.25) is 0 Å². The zero-order valence-electron chi connectivity index (χ0n) is 16.4. The van der Waals surface area contributed by atoms with Gasteiger partial charge in [0, 0.05) is 15.6 Å². The Morgan fingerprint density at radius 3 is 2.77 bits per heavy atom. The van der Waals surface area contributed by atoms with Gasteiger partial charge in [-0.15, -0.1) is 11.3 Å². The molecule has 0 fully saturated rings. The number of amides is 2. The molecule has 3 aromatic rings. The largest absolute Gasteiger partial charge is 0.496 e. The van der Waals surface area contributed by atoms with Crippen molar-refractivity contribution in [3.63, 3.8) is 0 Å². The highest BCUT2D eigenvalue weighted by Crippen LogP contribution is 2.34. The summed E-state index contributed by atoms with van der Waals surface area (Å²) in [4.78, 5) is 24.8. The van der Waals surface area contributed by atoms with Crippen molar-refractivity contribution in [1.82, 2.24) is 10.7 Å². The van der Waals surface area contributed by atoms with Crippen LogP contribution in [0.5, 0.6) is 11.5 Å². The number of hydrazone groups is 1. The lowest BCUT2D eigenvalue weighted by Gasteiger charge is -2.08. The minimum Gasteiger partial charge on any atom is -0.496 e. The number of carbonyl (C=O) groups excluding carboxylic acids is 2. The number of rotatable bonds is 8. The van der Waals surface area contributed by atoms with Gasteiger partial charge in [-0.2, -0.15) is 5.10 Å². The summed E-state index contributed by atoms with van der Waals surface area (Å²) in [6.07, 6.45) is 1.45. The fourth-order valence-electron chi connectivity index (χ4n) is 2.68. The summed E-state index contributed by atoms with van der Waals surface area (Å²) in [6, 6.07) is 12.8. The predicted molar refractivity (Wildman–Crippen MR) is 119 cm³/mol. The van der Waals surface area contributed by atoms with Gasteiger partial charge in [-0.25, -0.2) is 5.43 Å². The molecular weight excluding hydrogens is 426 g/mol. The van der Waals surface area contributed by atoms with Crippen LogP contribution < -0.4 is 20.2 Å². The summed E-state index contributed by atoms with van der Waals surface area (Å²) < 4.78 is 11.6. The van der Waals surface area contributed by atoms with Crippen molar-refractivity contribution in [2.75, 3.05) is 20.3 Å². The molecule has 0 saturated carbocycles. The van der Waals surface area contributed by atoms with Crippen molar-refractivity contribution >= 4 is 51.1 Å². The van der Waals surface area contributed by atoms with Crippen LogP contribution >= 0.6 is 22.9 Å². The van der Waals surface area contributed by atoms with Crippen LogP contribution in [0.2, 0.25) is 5.02 Å². The normalized spacial score (nSPS) is 10.9. The van der Waals surface area contributed by atoms with Gasteiger partial charge in [0.05, 0.1) is 31.5 Å². The molecule has 30 heavy (non-hydrogen) atoms. The van der Waals surface area contributed by atoms with Crippen molar-refractivity contribution in [3.05, 3.63) is 57.9 Å². The van der Waals surface area contributed by atoms with E-state index in [1.54, 1.807) is 25.3 Å². The predicted octanol–water partition coefficient (Wildman–Crippen LogP) is 3.84. The third-order valence-electron chi connectivity index (χ3n) is 4.06. The van der Waals surface area contributed by atoms with Crippen molar-refractivity contribution in [3.8, 4) is 11.5 Å². The number of thiophene rings is 1. The van der Waals surface area contributed by atoms with Crippen LogP contribution in [0.4, 0.5) is 0 Å². The SMILES string of the molecule is CCOc1ccc(OC)c(/C=N/NC(=O)CNC(=O)c2sc3ccccc3c2Cl)c1. The summed E-state index contributed by atoms with van der Waals surface area (Å²) >= 11 is 7.56. The van der Waals surface area contributed by atoms with Crippen LogP contribution in [-0.4, -0.2) is 38.3 Å². The average Bonchev–Trinajstić information content (AvgIpc) is 3.09. The summed E-state index contributed by atoms with van der Waals surface area (Å²) in [6.45, 7) is 2.18. The standard InChI is InChI=1S/C21H20ClN3O4S/c1-3-29-14-8-9-16(28-2)13(10-14)11-24-25-18(26)12-23-21(27)20-19(22)15-6-4-5-7-17(15)30-20/h4-11H,3,12H2,1-2H3,(H,23,27)(H,25,26)/b24-11+. The molecule has 0 atom stereocenters. The van der Waals surface area contributed by atoms with E-state index in [0.29, 0.717) is 33.6 Å². The second-order valence-corrected chi connectivity index (χ2v) is 7.48. The van der Waals surface area contributed by atoms with Gasteiger partial charge < -0.3 is 14.8 Å². The molecule has 156 valence electrons. The molecule has 0 saturated heterocycles. The van der Waals surface area contributed by atoms with Gasteiger partial charge in [-0.1, -0.05) is 29.8 Å². The van der Waals surface area contributed by atoms with E-state index in [9.17, 15) is 9.59 Å². The quantitative estimate of drug-likeness (QED) is 0.407. The van der Waals surface area contributed by atoms with Crippen LogP contribution in [0.15, 0.2) is 47.6 Å².